The molecule has 0 radical (unpaired) electrons. The summed E-state index contributed by atoms with van der Waals surface area (Å²) in [6.45, 7) is 4.61. The third kappa shape index (κ3) is 5.35. The molecule has 0 aromatic rings. The number of carbonyl (C=O) groups excluding carboxylic acids is 1. The Morgan fingerprint density at radius 1 is 1.67 bits per heavy atom. The minimum atomic E-state index is -0.0838. The topological polar surface area (TPSA) is 64.4 Å². The molecule has 1 fully saturated rings. The molecule has 1 amide bonds. The molecule has 0 spiro atoms. The Morgan fingerprint density at radius 3 is 2.93 bits per heavy atom. The first-order valence-electron chi connectivity index (χ1n) is 5.29. The zero-order valence-corrected chi connectivity index (χ0v) is 10.0. The van der Waals surface area contributed by atoms with Crippen LogP contribution in [0.1, 0.15) is 19.8 Å². The molecule has 1 saturated heterocycles. The molecule has 0 aromatic heterocycles. The Bertz CT molecular complexity index is 184. The van der Waals surface area contributed by atoms with Crippen LogP contribution in [-0.4, -0.2) is 32.2 Å². The number of amides is 1. The van der Waals surface area contributed by atoms with Gasteiger partial charge in [0.25, 0.3) is 0 Å². The highest BCUT2D eigenvalue weighted by Crippen LogP contribution is 2.12. The van der Waals surface area contributed by atoms with Crippen molar-refractivity contribution in [2.75, 3.05) is 26.3 Å². The lowest BCUT2D eigenvalue weighted by atomic mass is 10.0. The Balaban J connectivity index is 0.00000196. The summed E-state index contributed by atoms with van der Waals surface area (Å²) in [6.07, 6.45) is 2.25. The lowest BCUT2D eigenvalue weighted by Gasteiger charge is -2.22. The normalized spacial score (nSPS) is 22.7. The van der Waals surface area contributed by atoms with Crippen molar-refractivity contribution in [3.63, 3.8) is 0 Å². The average Bonchev–Trinajstić information content (AvgIpc) is 2.26. The van der Waals surface area contributed by atoms with Gasteiger partial charge in [-0.3, -0.25) is 4.79 Å². The summed E-state index contributed by atoms with van der Waals surface area (Å²) in [4.78, 5) is 11.4. The van der Waals surface area contributed by atoms with Gasteiger partial charge in [0, 0.05) is 25.6 Å². The average molecular weight is 237 g/mol. The van der Waals surface area contributed by atoms with Crippen LogP contribution in [0, 0.1) is 11.8 Å². The number of nitrogens with one attached hydrogen (secondary N) is 1. The predicted octanol–water partition coefficient (Wildman–Crippen LogP) is 0.546. The lowest BCUT2D eigenvalue weighted by Crippen LogP contribution is -2.38. The molecule has 1 heterocycles. The molecule has 4 nitrogen and oxygen atoms in total. The van der Waals surface area contributed by atoms with Gasteiger partial charge in [0.05, 0.1) is 6.61 Å². The van der Waals surface area contributed by atoms with E-state index in [-0.39, 0.29) is 24.2 Å². The van der Waals surface area contributed by atoms with Gasteiger partial charge < -0.3 is 15.8 Å². The summed E-state index contributed by atoms with van der Waals surface area (Å²) in [6, 6.07) is 0. The minimum Gasteiger partial charge on any atom is -0.381 e. The highest BCUT2D eigenvalue weighted by molar-refractivity contribution is 5.85. The van der Waals surface area contributed by atoms with Gasteiger partial charge in [-0.15, -0.1) is 12.4 Å². The first-order valence-corrected chi connectivity index (χ1v) is 5.29. The van der Waals surface area contributed by atoms with Gasteiger partial charge in [-0.25, -0.2) is 0 Å². The molecular weight excluding hydrogens is 216 g/mol. The molecule has 2 unspecified atom stereocenters. The van der Waals surface area contributed by atoms with Crippen molar-refractivity contribution in [2.24, 2.45) is 17.6 Å². The maximum Gasteiger partial charge on any atom is 0.224 e. The van der Waals surface area contributed by atoms with Crippen LogP contribution in [0.3, 0.4) is 0 Å². The zero-order valence-electron chi connectivity index (χ0n) is 9.20. The van der Waals surface area contributed by atoms with Crippen molar-refractivity contribution in [2.45, 2.75) is 19.8 Å². The first kappa shape index (κ1) is 14.7. The minimum absolute atomic E-state index is 0. The van der Waals surface area contributed by atoms with Crippen molar-refractivity contribution in [1.29, 1.82) is 0 Å². The lowest BCUT2D eigenvalue weighted by molar-refractivity contribution is -0.124. The molecular formula is C10H21ClN2O2. The van der Waals surface area contributed by atoms with Gasteiger partial charge in [-0.1, -0.05) is 6.92 Å². The third-order valence-corrected chi connectivity index (χ3v) is 2.62. The quantitative estimate of drug-likeness (QED) is 0.749. The van der Waals surface area contributed by atoms with Gasteiger partial charge in [0.15, 0.2) is 0 Å². The molecule has 0 bridgehead atoms. The second-order valence-electron chi connectivity index (χ2n) is 3.97. The van der Waals surface area contributed by atoms with E-state index in [2.05, 4.69) is 5.32 Å². The summed E-state index contributed by atoms with van der Waals surface area (Å²) in [5.74, 6) is 0.454. The standard InChI is InChI=1S/C10H20N2O2.ClH/c1-8(5-11)10(13)12-6-9-3-2-4-14-7-9;/h8-9H,2-7,11H2,1H3,(H,12,13);1H. The fraction of sp³-hybridized carbons (Fsp3) is 0.900. The van der Waals surface area contributed by atoms with Gasteiger partial charge in [0.2, 0.25) is 5.91 Å². The highest BCUT2D eigenvalue weighted by atomic mass is 35.5. The van der Waals surface area contributed by atoms with E-state index in [9.17, 15) is 4.79 Å². The molecule has 1 aliphatic rings. The van der Waals surface area contributed by atoms with Gasteiger partial charge in [-0.2, -0.15) is 0 Å². The maximum absolute atomic E-state index is 11.4. The predicted molar refractivity (Wildman–Crippen MR) is 62.0 cm³/mol. The number of hydrogen-bond acceptors (Lipinski definition) is 3. The van der Waals surface area contributed by atoms with E-state index in [4.69, 9.17) is 10.5 Å². The Hall–Kier alpha value is -0.320. The molecule has 0 aromatic carbocycles. The molecule has 0 saturated carbocycles. The van der Waals surface area contributed by atoms with Crippen molar-refractivity contribution < 1.29 is 9.53 Å². The summed E-state index contributed by atoms with van der Waals surface area (Å²) in [5, 5.41) is 2.90. The second-order valence-corrected chi connectivity index (χ2v) is 3.97. The van der Waals surface area contributed by atoms with Crippen LogP contribution in [0.2, 0.25) is 0 Å². The summed E-state index contributed by atoms with van der Waals surface area (Å²) in [5.41, 5.74) is 5.40. The largest absolute Gasteiger partial charge is 0.381 e. The SMILES string of the molecule is CC(CN)C(=O)NCC1CCCOC1.Cl. The number of halogens is 1. The van der Waals surface area contributed by atoms with E-state index in [1.807, 2.05) is 6.92 Å². The fourth-order valence-corrected chi connectivity index (χ4v) is 1.49. The van der Waals surface area contributed by atoms with Gasteiger partial charge in [0.1, 0.15) is 0 Å². The number of hydrogen-bond donors (Lipinski definition) is 2. The van der Waals surface area contributed by atoms with E-state index in [1.165, 1.54) is 0 Å². The Kier molecular flexibility index (Phi) is 7.74. The smallest absolute Gasteiger partial charge is 0.224 e. The van der Waals surface area contributed by atoms with E-state index in [0.29, 0.717) is 12.5 Å². The van der Waals surface area contributed by atoms with Crippen molar-refractivity contribution in [3.8, 4) is 0 Å². The molecule has 2 atom stereocenters. The van der Waals surface area contributed by atoms with Crippen LogP contribution in [0.4, 0.5) is 0 Å². The van der Waals surface area contributed by atoms with Crippen LogP contribution in [0.25, 0.3) is 0 Å². The molecule has 1 rings (SSSR count). The van der Waals surface area contributed by atoms with Crippen molar-refractivity contribution >= 4 is 18.3 Å². The molecule has 5 heteroatoms. The number of rotatable bonds is 4. The van der Waals surface area contributed by atoms with Crippen LogP contribution in [0.5, 0.6) is 0 Å². The summed E-state index contributed by atoms with van der Waals surface area (Å²) >= 11 is 0. The van der Waals surface area contributed by atoms with Crippen LogP contribution in [0.15, 0.2) is 0 Å². The summed E-state index contributed by atoms with van der Waals surface area (Å²) in [7, 11) is 0. The molecule has 1 aliphatic heterocycles. The number of nitrogens with two attached hydrogens (primary N) is 1. The monoisotopic (exact) mass is 236 g/mol. The van der Waals surface area contributed by atoms with Crippen LogP contribution >= 0.6 is 12.4 Å². The number of ether oxygens (including phenoxy) is 1. The Morgan fingerprint density at radius 2 is 2.40 bits per heavy atom. The summed E-state index contributed by atoms with van der Waals surface area (Å²) < 4.78 is 5.33. The van der Waals surface area contributed by atoms with E-state index < -0.39 is 0 Å². The highest BCUT2D eigenvalue weighted by Gasteiger charge is 2.16. The van der Waals surface area contributed by atoms with Crippen LogP contribution in [-0.2, 0) is 9.53 Å². The zero-order chi connectivity index (χ0) is 10.4. The molecule has 3 N–H and O–H groups in total. The first-order chi connectivity index (χ1) is 6.74. The third-order valence-electron chi connectivity index (χ3n) is 2.62. The van der Waals surface area contributed by atoms with Crippen molar-refractivity contribution in [3.05, 3.63) is 0 Å². The van der Waals surface area contributed by atoms with Gasteiger partial charge in [-0.05, 0) is 18.8 Å². The van der Waals surface area contributed by atoms with E-state index in [0.717, 1.165) is 32.6 Å². The van der Waals surface area contributed by atoms with Gasteiger partial charge >= 0.3 is 0 Å². The van der Waals surface area contributed by atoms with Crippen LogP contribution < -0.4 is 11.1 Å². The van der Waals surface area contributed by atoms with E-state index in [1.54, 1.807) is 0 Å². The molecule has 90 valence electrons. The fourth-order valence-electron chi connectivity index (χ4n) is 1.49. The van der Waals surface area contributed by atoms with E-state index >= 15 is 0 Å². The number of carbonyl (C=O) groups is 1. The molecule has 0 aliphatic carbocycles. The second kappa shape index (κ2) is 7.91. The molecule has 15 heavy (non-hydrogen) atoms. The van der Waals surface area contributed by atoms with Crippen molar-refractivity contribution in [1.82, 2.24) is 5.32 Å². The maximum atomic E-state index is 11.4. The Labute approximate surface area is 97.3 Å².